The zero-order valence-electron chi connectivity index (χ0n) is 29.6. The molecule has 41 heavy (non-hydrogen) atoms. The van der Waals surface area contributed by atoms with Crippen molar-refractivity contribution in [2.45, 2.75) is 172 Å². The highest BCUT2D eigenvalue weighted by Crippen LogP contribution is 2.41. The maximum absolute atomic E-state index is 2.34. The molecule has 0 spiro atoms. The van der Waals surface area contributed by atoms with E-state index in [9.17, 15) is 0 Å². The van der Waals surface area contributed by atoms with Gasteiger partial charge in [0.15, 0.2) is 0 Å². The third-order valence-electron chi connectivity index (χ3n) is 8.48. The Hall–Kier alpha value is -1.56. The van der Waals surface area contributed by atoms with Crippen molar-refractivity contribution < 1.29 is 0 Å². The molecule has 0 amide bonds. The highest BCUT2D eigenvalue weighted by atomic mass is 14.3. The molecular weight excluding hydrogens is 492 g/mol. The topological polar surface area (TPSA) is 0 Å². The Morgan fingerprint density at radius 1 is 0.707 bits per heavy atom. The Bertz CT molecular complexity index is 809. The third kappa shape index (κ3) is 20.1. The lowest BCUT2D eigenvalue weighted by molar-refractivity contribution is 0.391. The molecule has 0 bridgehead atoms. The molecule has 0 N–H and O–H groups in total. The van der Waals surface area contributed by atoms with Crippen LogP contribution in [0, 0.1) is 24.7 Å². The van der Waals surface area contributed by atoms with Crippen molar-refractivity contribution in [1.29, 1.82) is 0 Å². The van der Waals surface area contributed by atoms with Gasteiger partial charge in [0.2, 0.25) is 0 Å². The van der Waals surface area contributed by atoms with Crippen molar-refractivity contribution in [3.05, 3.63) is 64.8 Å². The van der Waals surface area contributed by atoms with Gasteiger partial charge in [0.25, 0.3) is 0 Å². The van der Waals surface area contributed by atoms with Gasteiger partial charge in [-0.25, -0.2) is 0 Å². The van der Waals surface area contributed by atoms with E-state index >= 15 is 0 Å². The van der Waals surface area contributed by atoms with Gasteiger partial charge in [0.1, 0.15) is 0 Å². The van der Waals surface area contributed by atoms with E-state index < -0.39 is 0 Å². The molecule has 0 unspecified atom stereocenters. The summed E-state index contributed by atoms with van der Waals surface area (Å²) in [7, 11) is 0. The van der Waals surface area contributed by atoms with Gasteiger partial charge in [0, 0.05) is 0 Å². The molecule has 0 saturated heterocycles. The van der Waals surface area contributed by atoms with E-state index in [1.54, 1.807) is 0 Å². The molecule has 2 aliphatic rings. The van der Waals surface area contributed by atoms with Crippen LogP contribution < -0.4 is 0 Å². The number of allylic oxidation sites excluding steroid dienone is 6. The van der Waals surface area contributed by atoms with Crippen molar-refractivity contribution in [3.8, 4) is 0 Å². The highest BCUT2D eigenvalue weighted by Gasteiger charge is 2.29. The number of benzene rings is 1. The second kappa shape index (κ2) is 26.1. The van der Waals surface area contributed by atoms with Crippen molar-refractivity contribution >= 4 is 5.57 Å². The highest BCUT2D eigenvalue weighted by molar-refractivity contribution is 5.68. The molecule has 1 fully saturated rings. The van der Waals surface area contributed by atoms with E-state index in [-0.39, 0.29) is 0 Å². The molecule has 0 radical (unpaired) electrons. The number of unbranched alkanes of at least 4 members (excludes halogenated alkanes) is 1. The zero-order chi connectivity index (χ0) is 30.9. The molecule has 0 atom stereocenters. The van der Waals surface area contributed by atoms with E-state index in [4.69, 9.17) is 0 Å². The van der Waals surface area contributed by atoms with E-state index in [1.807, 2.05) is 0 Å². The Balaban J connectivity index is 0.000000578. The van der Waals surface area contributed by atoms with Crippen molar-refractivity contribution in [2.75, 3.05) is 0 Å². The minimum absolute atomic E-state index is 1.03. The minimum Gasteiger partial charge on any atom is -0.0807 e. The van der Waals surface area contributed by atoms with Crippen LogP contribution in [-0.4, -0.2) is 0 Å². The third-order valence-corrected chi connectivity index (χ3v) is 8.48. The van der Waals surface area contributed by atoms with Gasteiger partial charge < -0.3 is 0 Å². The van der Waals surface area contributed by atoms with Crippen molar-refractivity contribution in [1.82, 2.24) is 0 Å². The number of aryl methyl sites for hydroxylation is 1. The molecule has 0 aromatic heterocycles. The molecule has 1 saturated carbocycles. The smallest absolute Gasteiger partial charge is 0.0225 e. The summed E-state index contributed by atoms with van der Waals surface area (Å²) in [5.41, 5.74) is 6.78. The number of rotatable bonds is 14. The van der Waals surface area contributed by atoms with Crippen LogP contribution in [0.1, 0.15) is 176 Å². The zero-order valence-corrected chi connectivity index (χ0v) is 29.6. The maximum atomic E-state index is 2.34. The van der Waals surface area contributed by atoms with Crippen LogP contribution in [0.5, 0.6) is 0 Å². The second-order valence-electron chi connectivity index (χ2n) is 12.7. The number of hydrogen-bond acceptors (Lipinski definition) is 0. The molecule has 1 aromatic carbocycles. The summed E-state index contributed by atoms with van der Waals surface area (Å²) in [5.74, 6) is 3.26. The average Bonchev–Trinajstić information content (AvgIpc) is 3.81. The first-order valence-corrected chi connectivity index (χ1v) is 17.9. The van der Waals surface area contributed by atoms with Gasteiger partial charge in [-0.15, -0.1) is 0 Å². The summed E-state index contributed by atoms with van der Waals surface area (Å²) in [5, 5.41) is 0. The largest absolute Gasteiger partial charge is 0.0807 e. The minimum atomic E-state index is 1.03. The molecule has 1 aromatic rings. The first-order valence-electron chi connectivity index (χ1n) is 17.9. The standard InChI is InChI=1S/C17H20.C10H20.C10H22.C4H10/c1-13-7-6-10-16(11-13)15(3)12-17-9-5-4-8-14(17)2;1-3-5-9(6-4-2)10-7-8-10;1-4-7-10(8-5-2)9-6-3;1-3-4-2/h6-12H,4-5H2,1-3H3;9-10H,3-8H2,1-2H3;10H,4-9H2,1-3H3;3-4H2,1-2H3/b15-12+;;;. The van der Waals surface area contributed by atoms with Gasteiger partial charge >= 0.3 is 0 Å². The van der Waals surface area contributed by atoms with Crippen LogP contribution >= 0.6 is 0 Å². The molecule has 236 valence electrons. The van der Waals surface area contributed by atoms with E-state index in [2.05, 4.69) is 112 Å². The van der Waals surface area contributed by atoms with Crippen LogP contribution in [0.3, 0.4) is 0 Å². The Labute approximate surface area is 259 Å². The average molecular weight is 565 g/mol. The molecule has 0 heteroatoms. The fourth-order valence-electron chi connectivity index (χ4n) is 5.78. The maximum Gasteiger partial charge on any atom is -0.0225 e. The van der Waals surface area contributed by atoms with Crippen LogP contribution in [0.15, 0.2) is 53.6 Å². The SMILES string of the molecule is CC1=CCCC=C1/C=C(\C)c1cccc(C)c1.CCCC.CCCC(CCC)C1CC1.CCCC(CCC)CCC. The molecular formula is C41H72. The van der Waals surface area contributed by atoms with Gasteiger partial charge in [0.05, 0.1) is 0 Å². The Morgan fingerprint density at radius 2 is 1.22 bits per heavy atom. The summed E-state index contributed by atoms with van der Waals surface area (Å²) in [6, 6.07) is 8.69. The summed E-state index contributed by atoms with van der Waals surface area (Å²) in [6.45, 7) is 22.4. The molecule has 3 rings (SSSR count). The van der Waals surface area contributed by atoms with Crippen LogP contribution in [0.25, 0.3) is 5.57 Å². The molecule has 0 aliphatic heterocycles. The van der Waals surface area contributed by atoms with Crippen molar-refractivity contribution in [3.63, 3.8) is 0 Å². The van der Waals surface area contributed by atoms with E-state index in [0.717, 1.165) is 17.8 Å². The predicted octanol–water partition coefficient (Wildman–Crippen LogP) is 14.5. The monoisotopic (exact) mass is 565 g/mol. The van der Waals surface area contributed by atoms with E-state index in [1.165, 1.54) is 131 Å². The Morgan fingerprint density at radius 3 is 1.63 bits per heavy atom. The van der Waals surface area contributed by atoms with Gasteiger partial charge in [-0.05, 0) is 86.5 Å². The molecule has 2 aliphatic carbocycles. The van der Waals surface area contributed by atoms with Crippen molar-refractivity contribution in [2.24, 2.45) is 17.8 Å². The lowest BCUT2D eigenvalue weighted by atomic mass is 9.93. The first-order chi connectivity index (χ1) is 19.8. The lowest BCUT2D eigenvalue weighted by Gasteiger charge is -2.12. The molecule has 0 nitrogen and oxygen atoms in total. The fraction of sp³-hybridized carbons (Fsp3) is 0.707. The van der Waals surface area contributed by atoms with Gasteiger partial charge in [-0.2, -0.15) is 0 Å². The molecule has 0 heterocycles. The summed E-state index contributed by atoms with van der Waals surface area (Å²) >= 11 is 0. The summed E-state index contributed by atoms with van der Waals surface area (Å²) < 4.78 is 0. The van der Waals surface area contributed by atoms with Gasteiger partial charge in [-0.1, -0.05) is 174 Å². The predicted molar refractivity (Wildman–Crippen MR) is 191 cm³/mol. The quantitative estimate of drug-likeness (QED) is 0.211. The van der Waals surface area contributed by atoms with Crippen LogP contribution in [0.2, 0.25) is 0 Å². The van der Waals surface area contributed by atoms with Crippen LogP contribution in [-0.2, 0) is 0 Å². The first kappa shape index (κ1) is 39.4. The van der Waals surface area contributed by atoms with Gasteiger partial charge in [-0.3, -0.25) is 0 Å². The fourth-order valence-corrected chi connectivity index (χ4v) is 5.78. The van der Waals surface area contributed by atoms with E-state index in [0.29, 0.717) is 0 Å². The summed E-state index contributed by atoms with van der Waals surface area (Å²) in [4.78, 5) is 0. The van der Waals surface area contributed by atoms with Crippen LogP contribution in [0.4, 0.5) is 0 Å². The second-order valence-corrected chi connectivity index (χ2v) is 12.7. The number of hydrogen-bond donors (Lipinski definition) is 0. The normalized spacial score (nSPS) is 14.7. The Kier molecular flexibility index (Phi) is 25.1. The lowest BCUT2D eigenvalue weighted by Crippen LogP contribution is -2.01. The summed E-state index contributed by atoms with van der Waals surface area (Å²) in [6.07, 6.45) is 29.2.